The molecule has 0 aliphatic heterocycles. The van der Waals surface area contributed by atoms with Gasteiger partial charge >= 0.3 is 0 Å². The monoisotopic (exact) mass is 272 g/mol. The van der Waals surface area contributed by atoms with Crippen molar-refractivity contribution in [3.8, 4) is 11.5 Å². The Hall–Kier alpha value is -1.20. The van der Waals surface area contributed by atoms with E-state index in [2.05, 4.69) is 10.2 Å². The van der Waals surface area contributed by atoms with E-state index in [4.69, 9.17) is 28.2 Å². The molecule has 17 heavy (non-hydrogen) atoms. The number of alkyl halides is 1. The summed E-state index contributed by atoms with van der Waals surface area (Å²) in [7, 11) is 0. The van der Waals surface area contributed by atoms with Crippen LogP contribution in [-0.2, 0) is 5.67 Å². The largest absolute Gasteiger partial charge is 0.409 e. The molecule has 1 heterocycles. The number of benzene rings is 1. The Morgan fingerprint density at radius 2 is 2.18 bits per heavy atom. The van der Waals surface area contributed by atoms with Crippen molar-refractivity contribution in [3.63, 3.8) is 0 Å². The summed E-state index contributed by atoms with van der Waals surface area (Å²) < 4.78 is 18.9. The smallest absolute Gasteiger partial charge is 0.284 e. The molecule has 0 aliphatic carbocycles. The highest BCUT2D eigenvalue weighted by atomic mass is 35.5. The van der Waals surface area contributed by atoms with Crippen molar-refractivity contribution in [1.82, 2.24) is 10.2 Å². The Morgan fingerprint density at radius 1 is 1.47 bits per heavy atom. The number of nitrogens with one attached hydrogen (secondary N) is 1. The molecule has 1 N–H and O–H groups in total. The summed E-state index contributed by atoms with van der Waals surface area (Å²) in [6.45, 7) is 2.94. The first-order chi connectivity index (χ1) is 7.88. The van der Waals surface area contributed by atoms with Gasteiger partial charge in [0.1, 0.15) is 5.67 Å². The van der Waals surface area contributed by atoms with Gasteiger partial charge in [-0.25, -0.2) is 9.49 Å². The van der Waals surface area contributed by atoms with Crippen molar-refractivity contribution in [2.75, 3.05) is 0 Å². The van der Waals surface area contributed by atoms with Crippen molar-refractivity contribution < 1.29 is 8.81 Å². The van der Waals surface area contributed by atoms with E-state index in [-0.39, 0.29) is 4.84 Å². The second-order valence-electron chi connectivity index (χ2n) is 4.09. The third-order valence-corrected chi connectivity index (χ3v) is 2.81. The van der Waals surface area contributed by atoms with E-state index in [1.54, 1.807) is 18.2 Å². The number of rotatable bonds is 2. The van der Waals surface area contributed by atoms with Crippen molar-refractivity contribution in [3.05, 3.63) is 33.6 Å². The number of hydrogen-bond donors (Lipinski definition) is 1. The van der Waals surface area contributed by atoms with E-state index in [0.29, 0.717) is 22.0 Å². The fraction of sp³-hybridized carbons (Fsp3) is 0.273. The molecule has 3 nitrogen and oxygen atoms in total. The summed E-state index contributed by atoms with van der Waals surface area (Å²) in [5, 5.41) is 6.74. The molecule has 0 spiro atoms. The molecule has 0 saturated heterocycles. The van der Waals surface area contributed by atoms with Crippen molar-refractivity contribution >= 4 is 23.8 Å². The van der Waals surface area contributed by atoms with Gasteiger partial charge in [0.2, 0.25) is 5.89 Å². The molecular formula is C11H10ClFN2OS. The molecular weight excluding hydrogens is 263 g/mol. The zero-order valence-corrected chi connectivity index (χ0v) is 10.8. The highest BCUT2D eigenvalue weighted by molar-refractivity contribution is 7.71. The molecule has 1 aromatic heterocycles. The quantitative estimate of drug-likeness (QED) is 0.831. The van der Waals surface area contributed by atoms with Crippen molar-refractivity contribution in [1.29, 1.82) is 0 Å². The highest BCUT2D eigenvalue weighted by Crippen LogP contribution is 2.32. The van der Waals surface area contributed by atoms with Crippen LogP contribution >= 0.6 is 23.8 Å². The van der Waals surface area contributed by atoms with Gasteiger partial charge < -0.3 is 4.42 Å². The number of aromatic amines is 1. The first-order valence-corrected chi connectivity index (χ1v) is 5.71. The summed E-state index contributed by atoms with van der Waals surface area (Å²) in [4.78, 5) is 0.172. The SMILES string of the molecule is CC(C)(F)c1ccc(-c2n[nH]c(=S)o2)c(Cl)c1. The Labute approximate surface area is 108 Å². The maximum absolute atomic E-state index is 13.7. The molecule has 0 atom stereocenters. The van der Waals surface area contributed by atoms with Gasteiger partial charge in [-0.3, -0.25) is 0 Å². The third kappa shape index (κ3) is 2.56. The first kappa shape index (κ1) is 12.3. The molecule has 0 bridgehead atoms. The zero-order chi connectivity index (χ0) is 12.6. The van der Waals surface area contributed by atoms with Gasteiger partial charge in [-0.2, -0.15) is 0 Å². The molecule has 0 fully saturated rings. The Balaban J connectivity index is 2.49. The van der Waals surface area contributed by atoms with Crippen LogP contribution in [0, 0.1) is 4.84 Å². The van der Waals surface area contributed by atoms with Crippen molar-refractivity contribution in [2.45, 2.75) is 19.5 Å². The van der Waals surface area contributed by atoms with Crippen LogP contribution in [-0.4, -0.2) is 10.2 Å². The van der Waals surface area contributed by atoms with Crippen LogP contribution in [0.1, 0.15) is 19.4 Å². The van der Waals surface area contributed by atoms with Crippen LogP contribution in [0.4, 0.5) is 4.39 Å². The van der Waals surface area contributed by atoms with Gasteiger partial charge in [0.05, 0.1) is 10.6 Å². The van der Waals surface area contributed by atoms with E-state index in [0.717, 1.165) is 0 Å². The van der Waals surface area contributed by atoms with E-state index < -0.39 is 5.67 Å². The Morgan fingerprint density at radius 3 is 2.65 bits per heavy atom. The standard InChI is InChI=1S/C11H10ClFN2OS/c1-11(2,13)6-3-4-7(8(12)5-6)9-14-15-10(17)16-9/h3-5H,1-2H3,(H,15,17). The van der Waals surface area contributed by atoms with Crippen LogP contribution in [0.25, 0.3) is 11.5 Å². The van der Waals surface area contributed by atoms with Gasteiger partial charge in [-0.05, 0) is 43.8 Å². The topological polar surface area (TPSA) is 41.8 Å². The molecule has 6 heteroatoms. The van der Waals surface area contributed by atoms with Gasteiger partial charge in [-0.1, -0.05) is 17.7 Å². The van der Waals surface area contributed by atoms with E-state index in [9.17, 15) is 4.39 Å². The molecule has 90 valence electrons. The first-order valence-electron chi connectivity index (χ1n) is 4.93. The average molecular weight is 273 g/mol. The van der Waals surface area contributed by atoms with Crippen LogP contribution in [0.5, 0.6) is 0 Å². The predicted octanol–water partition coefficient (Wildman–Crippen LogP) is 4.26. The number of H-pyrrole nitrogens is 1. The maximum Gasteiger partial charge on any atom is 0.284 e. The molecule has 0 unspecified atom stereocenters. The predicted molar refractivity (Wildman–Crippen MR) is 66.3 cm³/mol. The highest BCUT2D eigenvalue weighted by Gasteiger charge is 2.20. The third-order valence-electron chi connectivity index (χ3n) is 2.32. The fourth-order valence-electron chi connectivity index (χ4n) is 1.40. The van der Waals surface area contributed by atoms with Gasteiger partial charge in [0.25, 0.3) is 4.84 Å². The Kier molecular flexibility index (Phi) is 3.05. The minimum atomic E-state index is -1.44. The van der Waals surface area contributed by atoms with Crippen LogP contribution in [0.15, 0.2) is 22.6 Å². The van der Waals surface area contributed by atoms with Gasteiger partial charge in [-0.15, -0.1) is 5.10 Å². The lowest BCUT2D eigenvalue weighted by atomic mass is 9.99. The lowest BCUT2D eigenvalue weighted by Gasteiger charge is -2.15. The van der Waals surface area contributed by atoms with Crippen LogP contribution in [0.3, 0.4) is 0 Å². The van der Waals surface area contributed by atoms with E-state index >= 15 is 0 Å². The maximum atomic E-state index is 13.7. The summed E-state index contributed by atoms with van der Waals surface area (Å²) in [5.74, 6) is 0.295. The van der Waals surface area contributed by atoms with Crippen LogP contribution in [0.2, 0.25) is 5.02 Å². The summed E-state index contributed by atoms with van der Waals surface area (Å²) in [6, 6.07) is 4.87. The number of hydrogen-bond acceptors (Lipinski definition) is 3. The summed E-state index contributed by atoms with van der Waals surface area (Å²) in [6.07, 6.45) is 0. The number of nitrogens with zero attached hydrogens (tertiary/aromatic N) is 1. The van der Waals surface area contributed by atoms with E-state index in [1.807, 2.05) is 0 Å². The molecule has 2 aromatic rings. The zero-order valence-electron chi connectivity index (χ0n) is 9.25. The number of aromatic nitrogens is 2. The molecule has 0 saturated carbocycles. The second kappa shape index (κ2) is 4.23. The molecule has 0 aliphatic rings. The minimum absolute atomic E-state index is 0.172. The minimum Gasteiger partial charge on any atom is -0.409 e. The van der Waals surface area contributed by atoms with E-state index in [1.165, 1.54) is 13.8 Å². The van der Waals surface area contributed by atoms with Crippen LogP contribution < -0.4 is 0 Å². The van der Waals surface area contributed by atoms with Gasteiger partial charge in [0, 0.05) is 0 Å². The lowest BCUT2D eigenvalue weighted by molar-refractivity contribution is 0.221. The summed E-state index contributed by atoms with van der Waals surface area (Å²) >= 11 is 10.8. The normalized spacial score (nSPS) is 11.8. The fourth-order valence-corrected chi connectivity index (χ4v) is 1.79. The lowest BCUT2D eigenvalue weighted by Crippen LogP contribution is -2.08. The average Bonchev–Trinajstić information content (AvgIpc) is 2.63. The summed E-state index contributed by atoms with van der Waals surface area (Å²) in [5.41, 5.74) is -0.360. The molecule has 0 amide bonds. The second-order valence-corrected chi connectivity index (χ2v) is 4.86. The molecule has 0 radical (unpaired) electrons. The number of halogens is 2. The Bertz CT molecular complexity index is 600. The van der Waals surface area contributed by atoms with Crippen molar-refractivity contribution in [2.24, 2.45) is 0 Å². The van der Waals surface area contributed by atoms with Gasteiger partial charge in [0.15, 0.2) is 0 Å². The molecule has 2 rings (SSSR count). The molecule has 1 aromatic carbocycles.